The van der Waals surface area contributed by atoms with Gasteiger partial charge in [-0.1, -0.05) is 30.3 Å². The van der Waals surface area contributed by atoms with Crippen molar-refractivity contribution < 1.29 is 9.53 Å². The van der Waals surface area contributed by atoms with E-state index in [4.69, 9.17) is 10.5 Å². The van der Waals surface area contributed by atoms with Crippen molar-refractivity contribution in [3.05, 3.63) is 65.7 Å². The number of ether oxygens (including phenoxy) is 1. The molecule has 1 unspecified atom stereocenters. The van der Waals surface area contributed by atoms with Gasteiger partial charge in [-0.25, -0.2) is 0 Å². The lowest BCUT2D eigenvalue weighted by Crippen LogP contribution is -2.43. The number of benzene rings is 2. The van der Waals surface area contributed by atoms with Gasteiger partial charge in [0.05, 0.1) is 0 Å². The third kappa shape index (κ3) is 3.95. The molecule has 1 amide bonds. The number of carbonyl (C=O) groups is 1. The fourth-order valence-electron chi connectivity index (χ4n) is 2.94. The maximum atomic E-state index is 12.6. The first-order valence-corrected chi connectivity index (χ1v) is 8.43. The summed E-state index contributed by atoms with van der Waals surface area (Å²) in [5.41, 5.74) is 7.62. The van der Waals surface area contributed by atoms with Crippen molar-refractivity contribution >= 4 is 5.91 Å². The molecule has 0 radical (unpaired) electrons. The maximum Gasteiger partial charge on any atom is 0.253 e. The average molecular weight is 324 g/mol. The molecule has 0 aliphatic heterocycles. The standard InChI is InChI=1S/C20H24N2O2/c1-22(19(13-21)16-7-8-16)20(23)17-9-11-18(12-10-17)24-14-15-5-3-2-4-6-15/h2-6,9-12,16,19H,7-8,13-14,21H2,1H3. The zero-order valence-electron chi connectivity index (χ0n) is 14.0. The molecule has 0 heterocycles. The van der Waals surface area contributed by atoms with Crippen LogP contribution in [0.3, 0.4) is 0 Å². The predicted octanol–water partition coefficient (Wildman–Crippen LogP) is 3.07. The summed E-state index contributed by atoms with van der Waals surface area (Å²) < 4.78 is 5.76. The van der Waals surface area contributed by atoms with E-state index in [1.807, 2.05) is 61.6 Å². The summed E-state index contributed by atoms with van der Waals surface area (Å²) in [5, 5.41) is 0. The van der Waals surface area contributed by atoms with Gasteiger partial charge < -0.3 is 15.4 Å². The van der Waals surface area contributed by atoms with Crippen LogP contribution in [0.1, 0.15) is 28.8 Å². The molecule has 4 heteroatoms. The summed E-state index contributed by atoms with van der Waals surface area (Å²) in [6.45, 7) is 1.04. The van der Waals surface area contributed by atoms with E-state index in [0.717, 1.165) is 11.3 Å². The van der Waals surface area contributed by atoms with Crippen molar-refractivity contribution in [2.45, 2.75) is 25.5 Å². The van der Waals surface area contributed by atoms with E-state index in [2.05, 4.69) is 0 Å². The highest BCUT2D eigenvalue weighted by atomic mass is 16.5. The van der Waals surface area contributed by atoms with Gasteiger partial charge >= 0.3 is 0 Å². The largest absolute Gasteiger partial charge is 0.489 e. The van der Waals surface area contributed by atoms with Crippen molar-refractivity contribution in [2.75, 3.05) is 13.6 Å². The minimum atomic E-state index is 0.0203. The van der Waals surface area contributed by atoms with Crippen molar-refractivity contribution in [3.63, 3.8) is 0 Å². The average Bonchev–Trinajstić information content (AvgIpc) is 3.46. The topological polar surface area (TPSA) is 55.6 Å². The minimum absolute atomic E-state index is 0.0203. The summed E-state index contributed by atoms with van der Waals surface area (Å²) >= 11 is 0. The van der Waals surface area contributed by atoms with Gasteiger partial charge in [0.15, 0.2) is 0 Å². The summed E-state index contributed by atoms with van der Waals surface area (Å²) in [6, 6.07) is 17.5. The Morgan fingerprint density at radius 3 is 2.42 bits per heavy atom. The van der Waals surface area contributed by atoms with Crippen LogP contribution in [-0.2, 0) is 6.61 Å². The molecule has 2 aromatic carbocycles. The van der Waals surface area contributed by atoms with Crippen molar-refractivity contribution in [3.8, 4) is 5.75 Å². The molecule has 1 fully saturated rings. The Labute approximate surface area is 143 Å². The summed E-state index contributed by atoms with van der Waals surface area (Å²) in [4.78, 5) is 14.4. The van der Waals surface area contributed by atoms with Crippen LogP contribution in [0.2, 0.25) is 0 Å². The van der Waals surface area contributed by atoms with Crippen LogP contribution in [-0.4, -0.2) is 30.4 Å². The molecule has 0 aromatic heterocycles. The van der Waals surface area contributed by atoms with E-state index in [1.54, 1.807) is 4.90 Å². The fourth-order valence-corrected chi connectivity index (χ4v) is 2.94. The highest BCUT2D eigenvalue weighted by molar-refractivity contribution is 5.94. The Morgan fingerprint density at radius 2 is 1.83 bits per heavy atom. The zero-order valence-corrected chi connectivity index (χ0v) is 14.0. The van der Waals surface area contributed by atoms with Crippen LogP contribution < -0.4 is 10.5 Å². The van der Waals surface area contributed by atoms with E-state index >= 15 is 0 Å². The predicted molar refractivity (Wildman–Crippen MR) is 94.9 cm³/mol. The first-order valence-electron chi connectivity index (χ1n) is 8.43. The molecule has 1 saturated carbocycles. The minimum Gasteiger partial charge on any atom is -0.489 e. The number of amides is 1. The van der Waals surface area contributed by atoms with Crippen LogP contribution in [0.5, 0.6) is 5.75 Å². The highest BCUT2D eigenvalue weighted by Crippen LogP contribution is 2.35. The summed E-state index contributed by atoms with van der Waals surface area (Å²) in [5.74, 6) is 1.35. The van der Waals surface area contributed by atoms with Gasteiger partial charge in [-0.2, -0.15) is 0 Å². The molecule has 24 heavy (non-hydrogen) atoms. The molecule has 2 aromatic rings. The molecular weight excluding hydrogens is 300 g/mol. The summed E-state index contributed by atoms with van der Waals surface area (Å²) in [6.07, 6.45) is 2.34. The number of nitrogens with zero attached hydrogens (tertiary/aromatic N) is 1. The molecule has 0 saturated heterocycles. The molecule has 4 nitrogen and oxygen atoms in total. The SMILES string of the molecule is CN(C(=O)c1ccc(OCc2ccccc2)cc1)C(CN)C1CC1. The van der Waals surface area contributed by atoms with Gasteiger partial charge in [-0.05, 0) is 48.6 Å². The molecule has 3 rings (SSSR count). The lowest BCUT2D eigenvalue weighted by Gasteiger charge is -2.27. The van der Waals surface area contributed by atoms with E-state index in [9.17, 15) is 4.79 Å². The van der Waals surface area contributed by atoms with Crippen LogP contribution in [0.15, 0.2) is 54.6 Å². The first kappa shape index (κ1) is 16.5. The first-order chi connectivity index (χ1) is 11.7. The third-order valence-corrected chi connectivity index (χ3v) is 4.58. The lowest BCUT2D eigenvalue weighted by molar-refractivity contribution is 0.0718. The lowest BCUT2D eigenvalue weighted by atomic mass is 10.1. The number of likely N-dealkylation sites (N-methyl/N-ethyl adjacent to an activating group) is 1. The Balaban J connectivity index is 1.60. The second-order valence-corrected chi connectivity index (χ2v) is 6.36. The van der Waals surface area contributed by atoms with Gasteiger partial charge in [0.25, 0.3) is 5.91 Å². The molecule has 2 N–H and O–H groups in total. The smallest absolute Gasteiger partial charge is 0.253 e. The van der Waals surface area contributed by atoms with E-state index < -0.39 is 0 Å². The second-order valence-electron chi connectivity index (χ2n) is 6.36. The monoisotopic (exact) mass is 324 g/mol. The van der Waals surface area contributed by atoms with Crippen LogP contribution in [0.25, 0.3) is 0 Å². The van der Waals surface area contributed by atoms with E-state index in [1.165, 1.54) is 12.8 Å². The normalized spacial score (nSPS) is 14.9. The quantitative estimate of drug-likeness (QED) is 0.851. The molecule has 1 aliphatic carbocycles. The molecule has 1 atom stereocenters. The third-order valence-electron chi connectivity index (χ3n) is 4.58. The Morgan fingerprint density at radius 1 is 1.17 bits per heavy atom. The Kier molecular flexibility index (Phi) is 5.16. The van der Waals surface area contributed by atoms with Crippen molar-refractivity contribution in [2.24, 2.45) is 11.7 Å². The van der Waals surface area contributed by atoms with Gasteiger partial charge in [0.2, 0.25) is 0 Å². The number of nitrogens with two attached hydrogens (primary N) is 1. The van der Waals surface area contributed by atoms with Gasteiger partial charge in [0, 0.05) is 25.2 Å². The van der Waals surface area contributed by atoms with Gasteiger partial charge in [-0.15, -0.1) is 0 Å². The molecule has 0 bridgehead atoms. The zero-order chi connectivity index (χ0) is 16.9. The molecule has 0 spiro atoms. The Hall–Kier alpha value is -2.33. The van der Waals surface area contributed by atoms with Gasteiger partial charge in [0.1, 0.15) is 12.4 Å². The molecule has 126 valence electrons. The summed E-state index contributed by atoms with van der Waals surface area (Å²) in [7, 11) is 1.85. The van der Waals surface area contributed by atoms with Crippen molar-refractivity contribution in [1.82, 2.24) is 4.90 Å². The number of hydrogen-bond donors (Lipinski definition) is 1. The number of hydrogen-bond acceptors (Lipinski definition) is 3. The highest BCUT2D eigenvalue weighted by Gasteiger charge is 2.34. The number of carbonyl (C=O) groups excluding carboxylic acids is 1. The maximum absolute atomic E-state index is 12.6. The van der Waals surface area contributed by atoms with Crippen LogP contribution in [0.4, 0.5) is 0 Å². The van der Waals surface area contributed by atoms with Crippen LogP contribution in [0, 0.1) is 5.92 Å². The molecule has 1 aliphatic rings. The van der Waals surface area contributed by atoms with Crippen LogP contribution >= 0.6 is 0 Å². The van der Waals surface area contributed by atoms with E-state index in [-0.39, 0.29) is 11.9 Å². The number of rotatable bonds is 7. The van der Waals surface area contributed by atoms with E-state index in [0.29, 0.717) is 24.6 Å². The molecular formula is C20H24N2O2. The van der Waals surface area contributed by atoms with Crippen molar-refractivity contribution in [1.29, 1.82) is 0 Å². The van der Waals surface area contributed by atoms with Gasteiger partial charge in [-0.3, -0.25) is 4.79 Å². The Bertz CT molecular complexity index is 666. The second kappa shape index (κ2) is 7.49. The fraction of sp³-hybridized carbons (Fsp3) is 0.350.